The summed E-state index contributed by atoms with van der Waals surface area (Å²) in [5, 5.41) is 1.91. The topological polar surface area (TPSA) is 81.0 Å². The number of allylic oxidation sites excluding steroid dienone is 1. The van der Waals surface area contributed by atoms with Gasteiger partial charge in [-0.3, -0.25) is 14.2 Å². The molecule has 2 aliphatic heterocycles. The zero-order valence-electron chi connectivity index (χ0n) is 19.0. The highest BCUT2D eigenvalue weighted by atomic mass is 32.1. The number of fused-ring (bicyclic) bond motifs is 2. The van der Waals surface area contributed by atoms with Gasteiger partial charge in [0.1, 0.15) is 10.6 Å². The number of amides is 1. The predicted octanol–water partition coefficient (Wildman–Crippen LogP) is 2.99. The fraction of sp³-hybridized carbons (Fsp3) is 0.280. The molecule has 0 fully saturated rings. The van der Waals surface area contributed by atoms with Gasteiger partial charge in [-0.2, -0.15) is 0 Å². The van der Waals surface area contributed by atoms with Crippen LogP contribution < -0.4 is 19.8 Å². The lowest BCUT2D eigenvalue weighted by molar-refractivity contribution is -0.139. The first-order chi connectivity index (χ1) is 16.5. The lowest BCUT2D eigenvalue weighted by Gasteiger charge is -2.23. The molecule has 2 aliphatic rings. The summed E-state index contributed by atoms with van der Waals surface area (Å²) >= 11 is 2.66. The van der Waals surface area contributed by atoms with E-state index >= 15 is 0 Å². The zero-order chi connectivity index (χ0) is 24.0. The van der Waals surface area contributed by atoms with Crippen LogP contribution in [0.15, 0.2) is 62.8 Å². The fourth-order valence-electron chi connectivity index (χ4n) is 4.50. The third-order valence-electron chi connectivity index (χ3n) is 5.90. The van der Waals surface area contributed by atoms with Crippen molar-refractivity contribution in [3.8, 4) is 0 Å². The molecule has 1 atom stereocenters. The van der Waals surface area contributed by atoms with E-state index in [1.165, 1.54) is 27.2 Å². The molecular weight excluding hydrogens is 470 g/mol. The number of nitrogens with zero attached hydrogens (tertiary/aromatic N) is 3. The van der Waals surface area contributed by atoms with E-state index in [-0.39, 0.29) is 18.1 Å². The van der Waals surface area contributed by atoms with Gasteiger partial charge in [0.2, 0.25) is 0 Å². The van der Waals surface area contributed by atoms with Crippen LogP contribution in [-0.2, 0) is 14.3 Å². The number of rotatable bonds is 5. The molecule has 0 saturated heterocycles. The SMILES string of the molecule is CCCN1C(=O)C(=c2sc3n(c2=O)[C@@H](c2cccs2)C(C(=O)OCC)=C(C)N=3)c2ccccc21. The Morgan fingerprint density at radius 2 is 1.94 bits per heavy atom. The molecule has 0 N–H and O–H groups in total. The van der Waals surface area contributed by atoms with Crippen molar-refractivity contribution in [1.29, 1.82) is 0 Å². The van der Waals surface area contributed by atoms with E-state index in [1.807, 2.05) is 48.7 Å². The molecule has 5 rings (SSSR count). The average Bonchev–Trinajstić information content (AvgIpc) is 3.52. The Morgan fingerprint density at radius 1 is 1.15 bits per heavy atom. The molecule has 1 amide bonds. The lowest BCUT2D eigenvalue weighted by Crippen LogP contribution is -2.40. The van der Waals surface area contributed by atoms with Gasteiger partial charge in [0.15, 0.2) is 4.80 Å². The number of hydrogen-bond donors (Lipinski definition) is 0. The molecule has 0 unspecified atom stereocenters. The van der Waals surface area contributed by atoms with Crippen LogP contribution in [-0.4, -0.2) is 29.6 Å². The van der Waals surface area contributed by atoms with E-state index in [0.29, 0.717) is 32.7 Å². The summed E-state index contributed by atoms with van der Waals surface area (Å²) in [4.78, 5) is 48.0. The number of esters is 1. The largest absolute Gasteiger partial charge is 0.463 e. The van der Waals surface area contributed by atoms with Gasteiger partial charge in [-0.05, 0) is 37.8 Å². The normalized spacial score (nSPS) is 18.6. The summed E-state index contributed by atoms with van der Waals surface area (Å²) < 4.78 is 7.20. The van der Waals surface area contributed by atoms with Gasteiger partial charge in [0.25, 0.3) is 11.5 Å². The smallest absolute Gasteiger partial charge is 0.338 e. The molecular formula is C25H23N3O4S2. The maximum absolute atomic E-state index is 13.9. The van der Waals surface area contributed by atoms with Crippen LogP contribution in [0.3, 0.4) is 0 Å². The predicted molar refractivity (Wildman–Crippen MR) is 133 cm³/mol. The molecule has 0 spiro atoms. The number of hydrogen-bond acceptors (Lipinski definition) is 7. The van der Waals surface area contributed by atoms with Crippen molar-refractivity contribution in [2.75, 3.05) is 18.1 Å². The van der Waals surface area contributed by atoms with Crippen molar-refractivity contribution < 1.29 is 14.3 Å². The van der Waals surface area contributed by atoms with Crippen molar-refractivity contribution in [2.24, 2.45) is 4.99 Å². The Hall–Kier alpha value is -3.30. The molecule has 0 aliphatic carbocycles. The summed E-state index contributed by atoms with van der Waals surface area (Å²) in [6, 6.07) is 10.7. The van der Waals surface area contributed by atoms with Crippen LogP contribution >= 0.6 is 22.7 Å². The maximum Gasteiger partial charge on any atom is 0.338 e. The summed E-state index contributed by atoms with van der Waals surface area (Å²) in [6.45, 7) is 6.31. The van der Waals surface area contributed by atoms with E-state index in [9.17, 15) is 14.4 Å². The Balaban J connectivity index is 1.80. The second kappa shape index (κ2) is 8.81. The molecule has 1 aromatic carbocycles. The number of carbonyl (C=O) groups excluding carboxylic acids is 2. The first-order valence-corrected chi connectivity index (χ1v) is 12.8. The number of para-hydroxylation sites is 1. The third-order valence-corrected chi connectivity index (χ3v) is 7.88. The van der Waals surface area contributed by atoms with Crippen LogP contribution in [0.2, 0.25) is 0 Å². The zero-order valence-corrected chi connectivity index (χ0v) is 20.7. The van der Waals surface area contributed by atoms with Crippen LogP contribution in [0, 0.1) is 0 Å². The minimum absolute atomic E-state index is 0.178. The Kier molecular flexibility index (Phi) is 5.83. The molecule has 34 heavy (non-hydrogen) atoms. The van der Waals surface area contributed by atoms with E-state index in [1.54, 1.807) is 18.7 Å². The Labute approximate surface area is 203 Å². The minimum Gasteiger partial charge on any atom is -0.463 e. The van der Waals surface area contributed by atoms with Gasteiger partial charge in [-0.25, -0.2) is 9.79 Å². The minimum atomic E-state index is -0.650. The van der Waals surface area contributed by atoms with Crippen molar-refractivity contribution in [2.45, 2.75) is 33.2 Å². The van der Waals surface area contributed by atoms with E-state index in [2.05, 4.69) is 4.99 Å². The van der Waals surface area contributed by atoms with Crippen LogP contribution in [0.4, 0.5) is 5.69 Å². The third kappa shape index (κ3) is 3.38. The molecule has 0 bridgehead atoms. The number of aromatic nitrogens is 1. The van der Waals surface area contributed by atoms with Gasteiger partial charge in [0, 0.05) is 17.0 Å². The highest BCUT2D eigenvalue weighted by molar-refractivity contribution is 7.10. The first kappa shape index (κ1) is 22.5. The van der Waals surface area contributed by atoms with Gasteiger partial charge in [-0.15, -0.1) is 11.3 Å². The number of carbonyl (C=O) groups is 2. The van der Waals surface area contributed by atoms with Crippen LogP contribution in [0.5, 0.6) is 0 Å². The van der Waals surface area contributed by atoms with Gasteiger partial charge >= 0.3 is 5.97 Å². The fourth-order valence-corrected chi connectivity index (χ4v) is 6.46. The number of ether oxygens (including phenoxy) is 1. The molecule has 0 radical (unpaired) electrons. The molecule has 174 valence electrons. The number of thiazole rings is 1. The van der Waals surface area contributed by atoms with Gasteiger partial charge in [0.05, 0.1) is 29.1 Å². The monoisotopic (exact) mass is 493 g/mol. The molecule has 0 saturated carbocycles. The number of anilines is 1. The summed E-state index contributed by atoms with van der Waals surface area (Å²) in [5.74, 6) is -0.668. The second-order valence-electron chi connectivity index (χ2n) is 7.99. The van der Waals surface area contributed by atoms with E-state index < -0.39 is 12.0 Å². The van der Waals surface area contributed by atoms with Gasteiger partial charge < -0.3 is 9.64 Å². The number of thiophene rings is 1. The molecule has 3 aromatic rings. The van der Waals surface area contributed by atoms with Crippen molar-refractivity contribution in [1.82, 2.24) is 4.57 Å². The Morgan fingerprint density at radius 3 is 2.65 bits per heavy atom. The second-order valence-corrected chi connectivity index (χ2v) is 9.94. The van der Waals surface area contributed by atoms with Crippen molar-refractivity contribution in [3.05, 3.63) is 83.2 Å². The van der Waals surface area contributed by atoms with E-state index in [0.717, 1.165) is 22.5 Å². The number of benzene rings is 1. The Bertz CT molecular complexity index is 1510. The maximum atomic E-state index is 13.9. The average molecular weight is 494 g/mol. The molecule has 4 heterocycles. The van der Waals surface area contributed by atoms with Crippen LogP contribution in [0.25, 0.3) is 5.57 Å². The van der Waals surface area contributed by atoms with Crippen molar-refractivity contribution in [3.63, 3.8) is 0 Å². The molecule has 9 heteroatoms. The lowest BCUT2D eigenvalue weighted by atomic mass is 10.0. The molecule has 7 nitrogen and oxygen atoms in total. The summed E-state index contributed by atoms with van der Waals surface area (Å²) in [5.41, 5.74) is 2.50. The van der Waals surface area contributed by atoms with Gasteiger partial charge in [-0.1, -0.05) is 42.5 Å². The van der Waals surface area contributed by atoms with E-state index in [4.69, 9.17) is 4.74 Å². The van der Waals surface area contributed by atoms with Crippen LogP contribution in [0.1, 0.15) is 43.7 Å². The van der Waals surface area contributed by atoms with Crippen molar-refractivity contribution >= 4 is 45.8 Å². The molecule has 2 aromatic heterocycles. The standard InChI is InChI=1S/C25H23N3O4S2/c1-4-12-27-16-10-7-6-9-15(16)19(22(27)29)21-23(30)28-20(17-11-8-13-33-17)18(24(31)32-5-2)14(3)26-25(28)34-21/h6-11,13,20H,4-5,12H2,1-3H3/t20-/m0/s1. The summed E-state index contributed by atoms with van der Waals surface area (Å²) in [6.07, 6.45) is 0.801. The quantitative estimate of drug-likeness (QED) is 0.512. The highest BCUT2D eigenvalue weighted by Gasteiger charge is 2.37. The first-order valence-electron chi connectivity index (χ1n) is 11.1. The highest BCUT2D eigenvalue weighted by Crippen LogP contribution is 2.36. The summed E-state index contributed by atoms with van der Waals surface area (Å²) in [7, 11) is 0.